The summed E-state index contributed by atoms with van der Waals surface area (Å²) in [7, 11) is 0. The summed E-state index contributed by atoms with van der Waals surface area (Å²) in [5.74, 6) is -0.379. The molecule has 0 saturated carbocycles. The molecular formula is C17H15ClFN3OS. The fraction of sp³-hybridized carbons (Fsp3) is 0.294. The highest BCUT2D eigenvalue weighted by Crippen LogP contribution is 2.30. The fourth-order valence-corrected chi connectivity index (χ4v) is 4.52. The maximum atomic E-state index is 14.2. The first kappa shape index (κ1) is 15.7. The third-order valence-electron chi connectivity index (χ3n) is 4.48. The molecular weight excluding hydrogens is 349 g/mol. The third-order valence-corrected chi connectivity index (χ3v) is 5.86. The van der Waals surface area contributed by atoms with Crippen molar-refractivity contribution in [2.24, 2.45) is 0 Å². The highest BCUT2D eigenvalue weighted by Gasteiger charge is 2.22. The lowest BCUT2D eigenvalue weighted by molar-refractivity contribution is 0.545. The Morgan fingerprint density at radius 2 is 2.29 bits per heavy atom. The summed E-state index contributed by atoms with van der Waals surface area (Å²) in [5.41, 5.74) is 1.35. The van der Waals surface area contributed by atoms with E-state index in [0.29, 0.717) is 16.0 Å². The van der Waals surface area contributed by atoms with Crippen molar-refractivity contribution in [2.75, 3.05) is 6.54 Å². The minimum atomic E-state index is -0.481. The van der Waals surface area contributed by atoms with Crippen molar-refractivity contribution in [1.82, 2.24) is 14.9 Å². The van der Waals surface area contributed by atoms with Crippen molar-refractivity contribution in [1.29, 1.82) is 0 Å². The molecule has 1 atom stereocenters. The number of halogens is 2. The van der Waals surface area contributed by atoms with Crippen LogP contribution in [0.4, 0.5) is 4.39 Å². The number of thiophene rings is 1. The van der Waals surface area contributed by atoms with Crippen molar-refractivity contribution in [3.05, 3.63) is 61.7 Å². The summed E-state index contributed by atoms with van der Waals surface area (Å²) in [6.45, 7) is 3.41. The molecule has 4 rings (SSSR count). The maximum absolute atomic E-state index is 14.2. The van der Waals surface area contributed by atoms with Gasteiger partial charge in [-0.3, -0.25) is 9.36 Å². The second-order valence-electron chi connectivity index (χ2n) is 5.91. The molecule has 1 aliphatic heterocycles. The molecule has 2 aromatic heterocycles. The van der Waals surface area contributed by atoms with Gasteiger partial charge in [0.15, 0.2) is 0 Å². The molecule has 0 unspecified atom stereocenters. The molecule has 1 aliphatic rings. The van der Waals surface area contributed by atoms with Crippen molar-refractivity contribution in [3.63, 3.8) is 0 Å². The number of hydrogen-bond acceptors (Lipinski definition) is 4. The van der Waals surface area contributed by atoms with Crippen LogP contribution < -0.4 is 10.9 Å². The average Bonchev–Trinajstić information content (AvgIpc) is 2.96. The second-order valence-corrected chi connectivity index (χ2v) is 7.43. The SMILES string of the molecule is C[C@@H](c1cc(Cl)ccc1F)n1cnc2sc3c(c2c1=O)CCNC3. The molecule has 4 nitrogen and oxygen atoms in total. The Hall–Kier alpha value is -1.76. The first-order valence-corrected chi connectivity index (χ1v) is 8.92. The molecule has 0 saturated heterocycles. The van der Waals surface area contributed by atoms with Crippen molar-refractivity contribution in [2.45, 2.75) is 25.9 Å². The van der Waals surface area contributed by atoms with Gasteiger partial charge in [-0.15, -0.1) is 11.3 Å². The van der Waals surface area contributed by atoms with Crippen LogP contribution >= 0.6 is 22.9 Å². The molecule has 1 N–H and O–H groups in total. The molecule has 24 heavy (non-hydrogen) atoms. The largest absolute Gasteiger partial charge is 0.312 e. The van der Waals surface area contributed by atoms with E-state index in [0.717, 1.165) is 29.9 Å². The molecule has 3 heterocycles. The Morgan fingerprint density at radius 1 is 1.46 bits per heavy atom. The summed E-state index contributed by atoms with van der Waals surface area (Å²) in [5, 5.41) is 4.43. The second kappa shape index (κ2) is 5.95. The van der Waals surface area contributed by atoms with Crippen LogP contribution in [-0.4, -0.2) is 16.1 Å². The van der Waals surface area contributed by atoms with Gasteiger partial charge in [-0.1, -0.05) is 11.6 Å². The zero-order valence-electron chi connectivity index (χ0n) is 13.0. The molecule has 7 heteroatoms. The maximum Gasteiger partial charge on any atom is 0.262 e. The number of nitrogens with one attached hydrogen (secondary N) is 1. The van der Waals surface area contributed by atoms with Crippen molar-refractivity contribution >= 4 is 33.2 Å². The van der Waals surface area contributed by atoms with Gasteiger partial charge in [0.05, 0.1) is 17.8 Å². The number of aromatic nitrogens is 2. The van der Waals surface area contributed by atoms with E-state index in [1.54, 1.807) is 24.3 Å². The van der Waals surface area contributed by atoms with Gasteiger partial charge in [-0.2, -0.15) is 0 Å². The molecule has 124 valence electrons. The molecule has 0 aliphatic carbocycles. The van der Waals surface area contributed by atoms with Crippen LogP contribution in [0.25, 0.3) is 10.2 Å². The van der Waals surface area contributed by atoms with E-state index in [1.165, 1.54) is 27.9 Å². The Kier molecular flexibility index (Phi) is 3.90. The van der Waals surface area contributed by atoms with E-state index in [1.807, 2.05) is 0 Å². The highest BCUT2D eigenvalue weighted by molar-refractivity contribution is 7.18. The van der Waals surface area contributed by atoms with Gasteiger partial charge in [0.1, 0.15) is 10.6 Å². The lowest BCUT2D eigenvalue weighted by Gasteiger charge is -2.17. The van der Waals surface area contributed by atoms with Gasteiger partial charge in [0.25, 0.3) is 5.56 Å². The van der Waals surface area contributed by atoms with Gasteiger partial charge < -0.3 is 5.32 Å². The molecule has 3 aromatic rings. The highest BCUT2D eigenvalue weighted by atomic mass is 35.5. The molecule has 0 amide bonds. The fourth-order valence-electron chi connectivity index (χ4n) is 3.19. The molecule has 0 radical (unpaired) electrons. The predicted octanol–water partition coefficient (Wildman–Crippen LogP) is 3.51. The lowest BCUT2D eigenvalue weighted by Crippen LogP contribution is -2.27. The van der Waals surface area contributed by atoms with Gasteiger partial charge in [-0.05, 0) is 43.7 Å². The predicted molar refractivity (Wildman–Crippen MR) is 94.5 cm³/mol. The van der Waals surface area contributed by atoms with Gasteiger partial charge in [-0.25, -0.2) is 9.37 Å². The van der Waals surface area contributed by atoms with Crippen LogP contribution in [0.15, 0.2) is 29.3 Å². The lowest BCUT2D eigenvalue weighted by atomic mass is 10.1. The van der Waals surface area contributed by atoms with Crippen molar-refractivity contribution in [3.8, 4) is 0 Å². The number of rotatable bonds is 2. The number of fused-ring (bicyclic) bond motifs is 3. The van der Waals surface area contributed by atoms with Crippen LogP contribution in [0, 0.1) is 5.82 Å². The Morgan fingerprint density at radius 3 is 3.12 bits per heavy atom. The van der Waals surface area contributed by atoms with E-state index in [2.05, 4.69) is 10.3 Å². The van der Waals surface area contributed by atoms with E-state index in [9.17, 15) is 9.18 Å². The normalized spacial score (nSPS) is 15.5. The first-order valence-electron chi connectivity index (χ1n) is 7.73. The van der Waals surface area contributed by atoms with Crippen LogP contribution in [-0.2, 0) is 13.0 Å². The van der Waals surface area contributed by atoms with Crippen LogP contribution in [0.1, 0.15) is 29.0 Å². The van der Waals surface area contributed by atoms with E-state index >= 15 is 0 Å². The van der Waals surface area contributed by atoms with Gasteiger partial charge >= 0.3 is 0 Å². The smallest absolute Gasteiger partial charge is 0.262 e. The third kappa shape index (κ3) is 2.46. The molecule has 1 aromatic carbocycles. The number of nitrogens with zero attached hydrogens (tertiary/aromatic N) is 2. The van der Waals surface area contributed by atoms with Crippen LogP contribution in [0.2, 0.25) is 5.02 Å². The monoisotopic (exact) mass is 363 g/mol. The average molecular weight is 364 g/mol. The summed E-state index contributed by atoms with van der Waals surface area (Å²) >= 11 is 7.54. The van der Waals surface area contributed by atoms with E-state index in [4.69, 9.17) is 11.6 Å². The zero-order chi connectivity index (χ0) is 16.8. The Balaban J connectivity index is 1.89. The van der Waals surface area contributed by atoms with Crippen LogP contribution in [0.3, 0.4) is 0 Å². The molecule has 0 spiro atoms. The van der Waals surface area contributed by atoms with Crippen LogP contribution in [0.5, 0.6) is 0 Å². The zero-order valence-corrected chi connectivity index (χ0v) is 14.5. The van der Waals surface area contributed by atoms with E-state index in [-0.39, 0.29) is 11.4 Å². The summed E-state index contributed by atoms with van der Waals surface area (Å²) in [6.07, 6.45) is 2.32. The Labute approximate surface area is 146 Å². The minimum Gasteiger partial charge on any atom is -0.312 e. The molecule has 0 bridgehead atoms. The topological polar surface area (TPSA) is 46.9 Å². The number of hydrogen-bond donors (Lipinski definition) is 1. The summed E-state index contributed by atoms with van der Waals surface area (Å²) in [6, 6.07) is 3.90. The standard InChI is InChI=1S/C17H15ClFN3OS/c1-9(12-6-10(18)2-3-13(12)19)22-8-21-16-15(17(22)23)11-4-5-20-7-14(11)24-16/h2-3,6,8-9,20H,4-5,7H2,1H3/t9-/m0/s1. The first-order chi connectivity index (χ1) is 11.6. The van der Waals surface area contributed by atoms with Gasteiger partial charge in [0.2, 0.25) is 0 Å². The minimum absolute atomic E-state index is 0.119. The summed E-state index contributed by atoms with van der Waals surface area (Å²) < 4.78 is 15.7. The number of benzene rings is 1. The summed E-state index contributed by atoms with van der Waals surface area (Å²) in [4.78, 5) is 19.4. The Bertz CT molecular complexity index is 997. The van der Waals surface area contributed by atoms with Gasteiger partial charge in [0, 0.05) is 22.0 Å². The molecule has 0 fully saturated rings. The van der Waals surface area contributed by atoms with E-state index < -0.39 is 6.04 Å². The quantitative estimate of drug-likeness (QED) is 0.758. The van der Waals surface area contributed by atoms with Crippen molar-refractivity contribution < 1.29 is 4.39 Å².